The van der Waals surface area contributed by atoms with E-state index in [0.29, 0.717) is 11.3 Å². The molecule has 1 aliphatic carbocycles. The number of likely N-dealkylation sites (tertiary alicyclic amines) is 1. The summed E-state index contributed by atoms with van der Waals surface area (Å²) >= 11 is 0. The molecule has 1 heterocycles. The summed E-state index contributed by atoms with van der Waals surface area (Å²) in [4.78, 5) is 14.2. The van der Waals surface area contributed by atoms with Gasteiger partial charge in [0.25, 0.3) is 0 Å². The average molecular weight is 329 g/mol. The second-order valence-corrected chi connectivity index (χ2v) is 8.96. The van der Waals surface area contributed by atoms with E-state index >= 15 is 0 Å². The molecule has 3 rings (SSSR count). The van der Waals surface area contributed by atoms with Crippen LogP contribution in [0.15, 0.2) is 24.3 Å². The van der Waals surface area contributed by atoms with Crippen LogP contribution in [0.5, 0.6) is 0 Å². The van der Waals surface area contributed by atoms with Gasteiger partial charge in [-0.1, -0.05) is 52.0 Å². The molecule has 0 bridgehead atoms. The van der Waals surface area contributed by atoms with E-state index in [4.69, 9.17) is 0 Å². The molecular weight excluding hydrogens is 298 g/mol. The van der Waals surface area contributed by atoms with Crippen molar-refractivity contribution in [1.29, 1.82) is 0 Å². The Morgan fingerprint density at radius 3 is 2.29 bits per heavy atom. The highest BCUT2D eigenvalue weighted by Gasteiger charge is 2.54. The number of aliphatic hydroxyl groups is 1. The fraction of sp³-hybridized carbons (Fsp3) is 0.667. The molecule has 1 atom stereocenters. The monoisotopic (exact) mass is 329 g/mol. The van der Waals surface area contributed by atoms with Gasteiger partial charge in [-0.25, -0.2) is 0 Å². The van der Waals surface area contributed by atoms with Crippen LogP contribution in [0, 0.1) is 11.3 Å². The summed E-state index contributed by atoms with van der Waals surface area (Å²) in [5, 5.41) is 9.29. The lowest BCUT2D eigenvalue weighted by atomic mass is 9.56. The lowest BCUT2D eigenvalue weighted by molar-refractivity contribution is -0.157. The van der Waals surface area contributed by atoms with E-state index in [1.54, 1.807) is 0 Å². The molecular formula is C21H31NO2. The minimum atomic E-state index is -0.205. The third kappa shape index (κ3) is 3.11. The molecule has 1 spiro atoms. The van der Waals surface area contributed by atoms with Gasteiger partial charge in [-0.05, 0) is 41.7 Å². The van der Waals surface area contributed by atoms with Crippen molar-refractivity contribution in [1.82, 2.24) is 4.90 Å². The van der Waals surface area contributed by atoms with Crippen LogP contribution in [-0.4, -0.2) is 35.6 Å². The van der Waals surface area contributed by atoms with Gasteiger partial charge in [-0.2, -0.15) is 0 Å². The molecule has 0 aromatic heterocycles. The second kappa shape index (κ2) is 6.18. The Labute approximate surface area is 146 Å². The van der Waals surface area contributed by atoms with Gasteiger partial charge in [0.05, 0.1) is 12.5 Å². The molecule has 1 saturated carbocycles. The fourth-order valence-electron chi connectivity index (χ4n) is 4.29. The van der Waals surface area contributed by atoms with E-state index in [1.807, 2.05) is 11.8 Å². The molecule has 3 nitrogen and oxygen atoms in total. The molecule has 1 aromatic carbocycles. The Hall–Kier alpha value is -1.35. The summed E-state index contributed by atoms with van der Waals surface area (Å²) in [6, 6.07) is 9.12. The maximum atomic E-state index is 12.3. The number of rotatable bonds is 4. The molecule has 1 N–H and O–H groups in total. The van der Waals surface area contributed by atoms with Crippen LogP contribution in [0.4, 0.5) is 0 Å². The summed E-state index contributed by atoms with van der Waals surface area (Å²) in [6.45, 7) is 10.5. The Kier molecular flexibility index (Phi) is 4.50. The molecule has 132 valence electrons. The quantitative estimate of drug-likeness (QED) is 0.915. The first-order valence-electron chi connectivity index (χ1n) is 9.28. The van der Waals surface area contributed by atoms with Crippen molar-refractivity contribution in [2.75, 3.05) is 19.7 Å². The van der Waals surface area contributed by atoms with Crippen LogP contribution < -0.4 is 0 Å². The smallest absolute Gasteiger partial charge is 0.228 e. The van der Waals surface area contributed by atoms with Gasteiger partial charge in [0.2, 0.25) is 5.91 Å². The number of benzene rings is 1. The van der Waals surface area contributed by atoms with Crippen LogP contribution in [0.2, 0.25) is 0 Å². The largest absolute Gasteiger partial charge is 0.396 e. The molecule has 1 aliphatic heterocycles. The summed E-state index contributed by atoms with van der Waals surface area (Å²) < 4.78 is 0. The van der Waals surface area contributed by atoms with Crippen molar-refractivity contribution in [2.24, 2.45) is 11.3 Å². The molecule has 2 fully saturated rings. The van der Waals surface area contributed by atoms with E-state index in [1.165, 1.54) is 24.0 Å². The van der Waals surface area contributed by atoms with Crippen molar-refractivity contribution in [3.05, 3.63) is 35.4 Å². The zero-order valence-electron chi connectivity index (χ0n) is 15.5. The number of hydrogen-bond donors (Lipinski definition) is 1. The first kappa shape index (κ1) is 17.5. The summed E-state index contributed by atoms with van der Waals surface area (Å²) in [7, 11) is 0. The average Bonchev–Trinajstić information content (AvgIpc) is 2.45. The van der Waals surface area contributed by atoms with Gasteiger partial charge in [-0.3, -0.25) is 4.79 Å². The first-order chi connectivity index (χ1) is 11.3. The van der Waals surface area contributed by atoms with E-state index in [9.17, 15) is 9.90 Å². The van der Waals surface area contributed by atoms with Crippen molar-refractivity contribution in [3.8, 4) is 0 Å². The van der Waals surface area contributed by atoms with Gasteiger partial charge in [0, 0.05) is 18.5 Å². The highest BCUT2D eigenvalue weighted by Crippen LogP contribution is 2.56. The molecule has 0 unspecified atom stereocenters. The summed E-state index contributed by atoms with van der Waals surface area (Å²) in [5.41, 5.74) is 3.39. The topological polar surface area (TPSA) is 40.5 Å². The zero-order chi connectivity index (χ0) is 17.5. The second-order valence-electron chi connectivity index (χ2n) is 8.96. The van der Waals surface area contributed by atoms with Crippen LogP contribution in [0.1, 0.15) is 64.0 Å². The van der Waals surface area contributed by atoms with E-state index in [0.717, 1.165) is 19.5 Å². The highest BCUT2D eigenvalue weighted by molar-refractivity contribution is 5.80. The van der Waals surface area contributed by atoms with Crippen molar-refractivity contribution < 1.29 is 9.90 Å². The van der Waals surface area contributed by atoms with Crippen LogP contribution >= 0.6 is 0 Å². The standard InChI is InChI=1S/C21H31NO2/c1-5-15(12-23)19(24)22-13-21(14-22)10-17(11-21)16-6-8-18(9-7-16)20(2,3)4/h6-9,15,17,23H,5,10-14H2,1-4H3/t15-/m1/s1. The normalized spacial score (nSPS) is 21.3. The summed E-state index contributed by atoms with van der Waals surface area (Å²) in [6.07, 6.45) is 3.12. The minimum absolute atomic E-state index is 0.0262. The number of aliphatic hydroxyl groups excluding tert-OH is 1. The number of hydrogen-bond acceptors (Lipinski definition) is 2. The molecule has 1 saturated heterocycles. The number of carbonyl (C=O) groups excluding carboxylic acids is 1. The molecule has 1 aromatic rings. The van der Waals surface area contributed by atoms with E-state index in [-0.39, 0.29) is 23.8 Å². The maximum Gasteiger partial charge on any atom is 0.228 e. The van der Waals surface area contributed by atoms with Crippen molar-refractivity contribution in [2.45, 2.75) is 58.3 Å². The van der Waals surface area contributed by atoms with Gasteiger partial charge in [0.15, 0.2) is 0 Å². The highest BCUT2D eigenvalue weighted by atomic mass is 16.3. The molecule has 2 aliphatic rings. The predicted molar refractivity (Wildman–Crippen MR) is 97.0 cm³/mol. The number of amides is 1. The van der Waals surface area contributed by atoms with Crippen molar-refractivity contribution in [3.63, 3.8) is 0 Å². The Morgan fingerprint density at radius 2 is 1.83 bits per heavy atom. The van der Waals surface area contributed by atoms with Crippen LogP contribution in [0.25, 0.3) is 0 Å². The Bertz CT molecular complexity index is 581. The minimum Gasteiger partial charge on any atom is -0.396 e. The third-order valence-corrected chi connectivity index (χ3v) is 6.03. The fourth-order valence-corrected chi connectivity index (χ4v) is 4.29. The van der Waals surface area contributed by atoms with Crippen molar-refractivity contribution >= 4 is 5.91 Å². The van der Waals surface area contributed by atoms with Gasteiger partial charge < -0.3 is 10.0 Å². The van der Waals surface area contributed by atoms with Gasteiger partial charge in [-0.15, -0.1) is 0 Å². The third-order valence-electron chi connectivity index (χ3n) is 6.03. The SMILES string of the molecule is CC[C@H](CO)C(=O)N1CC2(CC(c3ccc(C(C)(C)C)cc3)C2)C1. The molecule has 3 heteroatoms. The van der Waals surface area contributed by atoms with E-state index < -0.39 is 0 Å². The molecule has 24 heavy (non-hydrogen) atoms. The van der Waals surface area contributed by atoms with E-state index in [2.05, 4.69) is 45.0 Å². The Balaban J connectivity index is 1.53. The zero-order valence-corrected chi connectivity index (χ0v) is 15.5. The lowest BCUT2D eigenvalue weighted by Crippen LogP contribution is -2.64. The predicted octanol–water partition coefficient (Wildman–Crippen LogP) is 3.71. The summed E-state index contributed by atoms with van der Waals surface area (Å²) in [5.74, 6) is 0.586. The first-order valence-corrected chi connectivity index (χ1v) is 9.28. The van der Waals surface area contributed by atoms with Gasteiger partial charge in [0.1, 0.15) is 0 Å². The Morgan fingerprint density at radius 1 is 1.25 bits per heavy atom. The van der Waals surface area contributed by atoms with Gasteiger partial charge >= 0.3 is 0 Å². The van der Waals surface area contributed by atoms with Crippen LogP contribution in [-0.2, 0) is 10.2 Å². The maximum absolute atomic E-state index is 12.3. The number of nitrogens with zero attached hydrogens (tertiary/aromatic N) is 1. The number of carbonyl (C=O) groups is 1. The molecule has 1 amide bonds. The molecule has 0 radical (unpaired) electrons. The lowest BCUT2D eigenvalue weighted by Gasteiger charge is -2.59. The van der Waals surface area contributed by atoms with Crippen LogP contribution in [0.3, 0.4) is 0 Å².